The molecule has 2 fully saturated rings. The summed E-state index contributed by atoms with van der Waals surface area (Å²) in [5.74, 6) is -0.367. The van der Waals surface area contributed by atoms with Crippen LogP contribution in [-0.4, -0.2) is 56.6 Å². The van der Waals surface area contributed by atoms with Gasteiger partial charge in [-0.2, -0.15) is 12.6 Å². The maximum absolute atomic E-state index is 14.7. The van der Waals surface area contributed by atoms with Crippen LogP contribution in [0.3, 0.4) is 0 Å². The number of hydrogen-bond acceptors (Lipinski definition) is 7. The summed E-state index contributed by atoms with van der Waals surface area (Å²) in [7, 11) is 0. The summed E-state index contributed by atoms with van der Waals surface area (Å²) in [5.41, 5.74) is 2.22. The van der Waals surface area contributed by atoms with E-state index in [-0.39, 0.29) is 41.1 Å². The standard InChI is InChI=1S/C26H33FN4O3S.ClH/c1-2-34-24(32)9-5-6-13-31-17-20(28-29-31)15-19-16-30(14-12-23(19)35)25(26(33)18-10-11-18)21-7-3-4-8-22(21)27;/h3-4,7-8,15,17-18,23,25,35H,2,5-6,9-14,16H2,1H3;1H. The molecule has 10 heteroatoms. The topological polar surface area (TPSA) is 77.3 Å². The third-order valence-corrected chi connectivity index (χ3v) is 7.12. The lowest BCUT2D eigenvalue weighted by molar-refractivity contribution is -0.143. The predicted molar refractivity (Wildman–Crippen MR) is 142 cm³/mol. The number of aryl methyl sites for hydroxylation is 1. The number of thiol groups is 1. The molecule has 1 saturated carbocycles. The van der Waals surface area contributed by atoms with Crippen molar-refractivity contribution in [1.82, 2.24) is 19.9 Å². The number of rotatable bonds is 11. The number of likely N-dealkylation sites (tertiary alicyclic amines) is 1. The van der Waals surface area contributed by atoms with Crippen molar-refractivity contribution in [3.63, 3.8) is 0 Å². The molecule has 1 aliphatic carbocycles. The second kappa shape index (κ2) is 13.4. The third-order valence-electron chi connectivity index (χ3n) is 6.53. The maximum atomic E-state index is 14.7. The van der Waals surface area contributed by atoms with Gasteiger partial charge in [0.05, 0.1) is 18.8 Å². The van der Waals surface area contributed by atoms with E-state index in [0.717, 1.165) is 43.4 Å². The highest BCUT2D eigenvalue weighted by Crippen LogP contribution is 2.39. The minimum Gasteiger partial charge on any atom is -0.466 e. The fourth-order valence-electron chi connectivity index (χ4n) is 4.53. The molecule has 0 bridgehead atoms. The first kappa shape index (κ1) is 28.3. The van der Waals surface area contributed by atoms with Crippen LogP contribution < -0.4 is 0 Å². The van der Waals surface area contributed by atoms with E-state index in [4.69, 9.17) is 17.4 Å². The maximum Gasteiger partial charge on any atom is 0.305 e. The van der Waals surface area contributed by atoms with Crippen LogP contribution in [0.15, 0.2) is 36.0 Å². The van der Waals surface area contributed by atoms with E-state index in [0.29, 0.717) is 38.2 Å². The number of carbonyl (C=O) groups is 2. The molecule has 2 aliphatic rings. The summed E-state index contributed by atoms with van der Waals surface area (Å²) in [6.45, 7) is 4.07. The van der Waals surface area contributed by atoms with Gasteiger partial charge in [-0.05, 0) is 56.7 Å². The van der Waals surface area contributed by atoms with Crippen LogP contribution in [0.25, 0.3) is 6.08 Å². The molecule has 1 aromatic heterocycles. The average molecular weight is 537 g/mol. The summed E-state index contributed by atoms with van der Waals surface area (Å²) in [6.07, 6.45) is 8.33. The predicted octanol–water partition coefficient (Wildman–Crippen LogP) is 4.68. The lowest BCUT2D eigenvalue weighted by atomic mass is 9.93. The highest BCUT2D eigenvalue weighted by molar-refractivity contribution is 7.81. The number of halogens is 2. The quantitative estimate of drug-likeness (QED) is 0.255. The highest BCUT2D eigenvalue weighted by Gasteiger charge is 2.40. The Bertz CT molecular complexity index is 1070. The first-order chi connectivity index (χ1) is 17.0. The second-order valence-corrected chi connectivity index (χ2v) is 9.89. The minimum atomic E-state index is -0.581. The molecule has 0 radical (unpaired) electrons. The molecule has 196 valence electrons. The van der Waals surface area contributed by atoms with Crippen LogP contribution in [-0.2, 0) is 20.9 Å². The summed E-state index contributed by atoms with van der Waals surface area (Å²) in [5, 5.41) is 8.51. The minimum absolute atomic E-state index is 0. The Labute approximate surface area is 223 Å². The molecular formula is C26H34ClFN4O3S. The lowest BCUT2D eigenvalue weighted by Gasteiger charge is -2.37. The van der Waals surface area contributed by atoms with Crippen molar-refractivity contribution in [2.45, 2.75) is 63.3 Å². The Morgan fingerprint density at radius 3 is 2.75 bits per heavy atom. The van der Waals surface area contributed by atoms with Crippen molar-refractivity contribution in [3.8, 4) is 0 Å². The zero-order valence-electron chi connectivity index (χ0n) is 20.5. The van der Waals surface area contributed by atoms with Gasteiger partial charge in [0, 0.05) is 42.8 Å². The third kappa shape index (κ3) is 7.40. The monoisotopic (exact) mass is 536 g/mol. The number of hydrogen-bond donors (Lipinski definition) is 1. The molecular weight excluding hydrogens is 503 g/mol. The molecule has 2 aromatic rings. The van der Waals surface area contributed by atoms with E-state index >= 15 is 0 Å². The van der Waals surface area contributed by atoms with Crippen molar-refractivity contribution in [1.29, 1.82) is 0 Å². The Balaban J connectivity index is 0.00000361. The second-order valence-electron chi connectivity index (χ2n) is 9.26. The fourth-order valence-corrected chi connectivity index (χ4v) is 4.80. The van der Waals surface area contributed by atoms with Crippen LogP contribution in [0.2, 0.25) is 0 Å². The van der Waals surface area contributed by atoms with Crippen LogP contribution >= 0.6 is 25.0 Å². The van der Waals surface area contributed by atoms with Gasteiger partial charge in [0.15, 0.2) is 5.78 Å². The van der Waals surface area contributed by atoms with Crippen molar-refractivity contribution < 1.29 is 18.7 Å². The number of esters is 1. The van der Waals surface area contributed by atoms with Crippen molar-refractivity contribution >= 4 is 42.9 Å². The number of ether oxygens (including phenoxy) is 1. The van der Waals surface area contributed by atoms with Crippen molar-refractivity contribution in [3.05, 3.63) is 53.1 Å². The van der Waals surface area contributed by atoms with Gasteiger partial charge in [-0.15, -0.1) is 17.5 Å². The van der Waals surface area contributed by atoms with E-state index < -0.39 is 6.04 Å². The van der Waals surface area contributed by atoms with Gasteiger partial charge in [0.2, 0.25) is 0 Å². The number of Topliss-reactive ketones (excluding diaryl/α,β-unsaturated/α-hetero) is 1. The van der Waals surface area contributed by atoms with Gasteiger partial charge in [0.25, 0.3) is 0 Å². The van der Waals surface area contributed by atoms with Gasteiger partial charge in [-0.3, -0.25) is 19.2 Å². The van der Waals surface area contributed by atoms with E-state index in [1.807, 2.05) is 12.3 Å². The molecule has 0 amide bonds. The molecule has 7 nitrogen and oxygen atoms in total. The Morgan fingerprint density at radius 1 is 1.25 bits per heavy atom. The first-order valence-electron chi connectivity index (χ1n) is 12.4. The largest absolute Gasteiger partial charge is 0.466 e. The Kier molecular flexibility index (Phi) is 10.5. The molecule has 0 spiro atoms. The zero-order valence-corrected chi connectivity index (χ0v) is 22.2. The van der Waals surface area contributed by atoms with Gasteiger partial charge in [0.1, 0.15) is 11.5 Å². The number of nitrogens with zero attached hydrogens (tertiary/aromatic N) is 4. The van der Waals surface area contributed by atoms with E-state index in [1.165, 1.54) is 6.07 Å². The first-order valence-corrected chi connectivity index (χ1v) is 12.9. The smallest absolute Gasteiger partial charge is 0.305 e. The van der Waals surface area contributed by atoms with Gasteiger partial charge in [-0.1, -0.05) is 23.4 Å². The number of benzene rings is 1. The Hall–Kier alpha value is -2.23. The zero-order chi connectivity index (χ0) is 24.8. The Morgan fingerprint density at radius 2 is 2.03 bits per heavy atom. The molecule has 1 saturated heterocycles. The number of ketones is 1. The van der Waals surface area contributed by atoms with Gasteiger partial charge >= 0.3 is 5.97 Å². The molecule has 1 aliphatic heterocycles. The van der Waals surface area contributed by atoms with E-state index in [2.05, 4.69) is 15.2 Å². The number of piperidine rings is 1. The van der Waals surface area contributed by atoms with E-state index in [9.17, 15) is 14.0 Å². The number of aromatic nitrogens is 3. The summed E-state index contributed by atoms with van der Waals surface area (Å²) in [4.78, 5) is 26.7. The van der Waals surface area contributed by atoms with Crippen LogP contribution in [0, 0.1) is 11.7 Å². The summed E-state index contributed by atoms with van der Waals surface area (Å²) in [6, 6.07) is 6.02. The van der Waals surface area contributed by atoms with Gasteiger partial charge in [-0.25, -0.2) is 4.39 Å². The fraction of sp³-hybridized carbons (Fsp3) is 0.538. The lowest BCUT2D eigenvalue weighted by Crippen LogP contribution is -2.42. The van der Waals surface area contributed by atoms with E-state index in [1.54, 1.807) is 29.8 Å². The summed E-state index contributed by atoms with van der Waals surface area (Å²) >= 11 is 4.77. The van der Waals surface area contributed by atoms with Crippen LogP contribution in [0.1, 0.15) is 62.7 Å². The molecule has 36 heavy (non-hydrogen) atoms. The molecule has 2 unspecified atom stereocenters. The number of carbonyl (C=O) groups excluding carboxylic acids is 2. The number of unbranched alkanes of at least 4 members (excludes halogenated alkanes) is 1. The van der Waals surface area contributed by atoms with Crippen LogP contribution in [0.5, 0.6) is 0 Å². The SMILES string of the molecule is CCOC(=O)CCCCn1cc(C=C2CN(C(C(=O)C3CC3)c3ccccc3F)CCC2S)nn1.Cl. The van der Waals surface area contributed by atoms with Gasteiger partial charge < -0.3 is 4.74 Å². The molecule has 4 rings (SSSR count). The molecule has 2 atom stereocenters. The average Bonchev–Trinajstić information content (AvgIpc) is 3.60. The van der Waals surface area contributed by atoms with Crippen molar-refractivity contribution in [2.75, 3.05) is 19.7 Å². The molecule has 2 heterocycles. The van der Waals surface area contributed by atoms with Crippen LogP contribution in [0.4, 0.5) is 4.39 Å². The molecule has 0 N–H and O–H groups in total. The summed E-state index contributed by atoms with van der Waals surface area (Å²) < 4.78 is 21.4. The normalized spacial score (nSPS) is 20.1. The van der Waals surface area contributed by atoms with Crippen molar-refractivity contribution in [2.24, 2.45) is 5.92 Å². The molecule has 1 aromatic carbocycles. The highest BCUT2D eigenvalue weighted by atomic mass is 35.5.